The highest BCUT2D eigenvalue weighted by Gasteiger charge is 2.47. The molecule has 4 rings (SSSR count). The van der Waals surface area contributed by atoms with Gasteiger partial charge in [0.25, 0.3) is 11.7 Å². The van der Waals surface area contributed by atoms with Crippen molar-refractivity contribution in [3.8, 4) is 0 Å². The van der Waals surface area contributed by atoms with Gasteiger partial charge in [0, 0.05) is 11.3 Å². The van der Waals surface area contributed by atoms with E-state index in [1.165, 1.54) is 29.2 Å². The molecule has 0 saturated carbocycles. The minimum atomic E-state index is -0.937. The van der Waals surface area contributed by atoms with Gasteiger partial charge in [0.1, 0.15) is 5.76 Å². The fourth-order valence-corrected chi connectivity index (χ4v) is 4.21. The SMILES string of the molecule is CCCOC(=O)c1cccc(N2C(=O)C(=O)/C(=C(/O)c3ccc(Cl)c(Cl)c3)C2c2ccccc2)c1. The quantitative estimate of drug-likeness (QED) is 0.185. The Morgan fingerprint density at radius 1 is 0.943 bits per heavy atom. The lowest BCUT2D eigenvalue weighted by Crippen LogP contribution is -2.29. The lowest BCUT2D eigenvalue weighted by atomic mass is 9.95. The number of ketones is 1. The highest BCUT2D eigenvalue weighted by molar-refractivity contribution is 6.51. The van der Waals surface area contributed by atoms with Crippen molar-refractivity contribution < 1.29 is 24.2 Å². The number of aliphatic hydroxyl groups excluding tert-OH is 1. The van der Waals surface area contributed by atoms with Crippen LogP contribution in [0.2, 0.25) is 10.0 Å². The molecule has 0 spiro atoms. The van der Waals surface area contributed by atoms with Crippen molar-refractivity contribution >= 4 is 52.3 Å². The van der Waals surface area contributed by atoms with E-state index in [4.69, 9.17) is 27.9 Å². The summed E-state index contributed by atoms with van der Waals surface area (Å²) in [6.07, 6.45) is 0.669. The van der Waals surface area contributed by atoms with Gasteiger partial charge in [-0.05, 0) is 48.4 Å². The summed E-state index contributed by atoms with van der Waals surface area (Å²) in [4.78, 5) is 40.2. The lowest BCUT2D eigenvalue weighted by Gasteiger charge is -2.25. The molecule has 8 heteroatoms. The summed E-state index contributed by atoms with van der Waals surface area (Å²) in [5.74, 6) is -2.60. The van der Waals surface area contributed by atoms with Crippen LogP contribution in [0.15, 0.2) is 78.4 Å². The van der Waals surface area contributed by atoms with E-state index in [1.807, 2.05) is 6.92 Å². The second-order valence-electron chi connectivity index (χ2n) is 7.89. The Balaban J connectivity index is 1.87. The summed E-state index contributed by atoms with van der Waals surface area (Å²) in [6.45, 7) is 2.15. The number of ether oxygens (including phenoxy) is 1. The maximum atomic E-state index is 13.3. The maximum absolute atomic E-state index is 13.3. The molecule has 1 amide bonds. The first-order valence-electron chi connectivity index (χ1n) is 10.9. The van der Waals surface area contributed by atoms with Gasteiger partial charge in [-0.2, -0.15) is 0 Å². The number of benzene rings is 3. The molecule has 178 valence electrons. The Kier molecular flexibility index (Phi) is 7.24. The van der Waals surface area contributed by atoms with E-state index >= 15 is 0 Å². The zero-order valence-electron chi connectivity index (χ0n) is 18.7. The first-order valence-corrected chi connectivity index (χ1v) is 11.7. The van der Waals surface area contributed by atoms with E-state index in [0.29, 0.717) is 17.7 Å². The van der Waals surface area contributed by atoms with E-state index in [2.05, 4.69) is 0 Å². The van der Waals surface area contributed by atoms with Crippen LogP contribution < -0.4 is 4.90 Å². The molecule has 3 aromatic rings. The van der Waals surface area contributed by atoms with Crippen molar-refractivity contribution in [2.45, 2.75) is 19.4 Å². The maximum Gasteiger partial charge on any atom is 0.338 e. The average molecular weight is 510 g/mol. The molecule has 1 saturated heterocycles. The summed E-state index contributed by atoms with van der Waals surface area (Å²) in [5.41, 5.74) is 1.32. The largest absolute Gasteiger partial charge is 0.507 e. The molecule has 1 N–H and O–H groups in total. The zero-order chi connectivity index (χ0) is 25.1. The standard InChI is InChI=1S/C27H21Cl2NO5/c1-2-13-35-27(34)18-9-6-10-19(14-18)30-23(16-7-4-3-5-8-16)22(25(32)26(30)33)24(31)17-11-12-20(28)21(29)15-17/h3-12,14-15,23,31H,2,13H2,1H3/b24-22+. The van der Waals surface area contributed by atoms with E-state index < -0.39 is 23.7 Å². The van der Waals surface area contributed by atoms with Crippen molar-refractivity contribution in [1.82, 2.24) is 0 Å². The Bertz CT molecular complexity index is 1340. The summed E-state index contributed by atoms with van der Waals surface area (Å²) in [5, 5.41) is 11.6. The van der Waals surface area contributed by atoms with Crippen molar-refractivity contribution in [3.63, 3.8) is 0 Å². The van der Waals surface area contributed by atoms with Crippen molar-refractivity contribution in [2.75, 3.05) is 11.5 Å². The number of hydrogen-bond donors (Lipinski definition) is 1. The minimum absolute atomic E-state index is 0.0986. The van der Waals surface area contributed by atoms with Crippen LogP contribution in [0.1, 0.15) is 40.9 Å². The number of nitrogens with zero attached hydrogens (tertiary/aromatic N) is 1. The summed E-state index contributed by atoms with van der Waals surface area (Å²) >= 11 is 12.1. The van der Waals surface area contributed by atoms with Crippen molar-refractivity contribution in [3.05, 3.63) is 105 Å². The first kappa shape index (κ1) is 24.5. The number of Topliss-reactive ketones (excluding diaryl/α,β-unsaturated/α-hetero) is 1. The molecular weight excluding hydrogens is 489 g/mol. The monoisotopic (exact) mass is 509 g/mol. The van der Waals surface area contributed by atoms with Gasteiger partial charge in [0.05, 0.1) is 33.8 Å². The van der Waals surface area contributed by atoms with Gasteiger partial charge >= 0.3 is 5.97 Å². The summed E-state index contributed by atoms with van der Waals surface area (Å²) < 4.78 is 5.21. The molecule has 0 radical (unpaired) electrons. The molecule has 1 heterocycles. The zero-order valence-corrected chi connectivity index (χ0v) is 20.2. The van der Waals surface area contributed by atoms with E-state index in [0.717, 1.165) is 0 Å². The van der Waals surface area contributed by atoms with Gasteiger partial charge in [-0.3, -0.25) is 14.5 Å². The van der Waals surface area contributed by atoms with Gasteiger partial charge in [-0.25, -0.2) is 4.79 Å². The Morgan fingerprint density at radius 3 is 2.37 bits per heavy atom. The Labute approximate surface area is 212 Å². The highest BCUT2D eigenvalue weighted by atomic mass is 35.5. The molecule has 35 heavy (non-hydrogen) atoms. The van der Waals surface area contributed by atoms with E-state index in [9.17, 15) is 19.5 Å². The minimum Gasteiger partial charge on any atom is -0.507 e. The molecule has 1 unspecified atom stereocenters. The molecule has 3 aromatic carbocycles. The van der Waals surface area contributed by atoms with Crippen LogP contribution in [0, 0.1) is 0 Å². The van der Waals surface area contributed by atoms with Gasteiger partial charge in [-0.15, -0.1) is 0 Å². The molecule has 0 aromatic heterocycles. The van der Waals surface area contributed by atoms with Crippen LogP contribution in [-0.4, -0.2) is 29.4 Å². The number of amides is 1. The van der Waals surface area contributed by atoms with E-state index in [1.54, 1.807) is 48.5 Å². The van der Waals surface area contributed by atoms with Crippen LogP contribution in [0.25, 0.3) is 5.76 Å². The molecule has 1 aliphatic rings. The first-order chi connectivity index (χ1) is 16.8. The normalized spacial score (nSPS) is 17.0. The Morgan fingerprint density at radius 2 is 1.69 bits per heavy atom. The highest BCUT2D eigenvalue weighted by Crippen LogP contribution is 2.42. The van der Waals surface area contributed by atoms with Crippen LogP contribution in [0.5, 0.6) is 0 Å². The van der Waals surface area contributed by atoms with Crippen LogP contribution in [0.3, 0.4) is 0 Å². The lowest BCUT2D eigenvalue weighted by molar-refractivity contribution is -0.132. The molecular formula is C27H21Cl2NO5. The third kappa shape index (κ3) is 4.81. The van der Waals surface area contributed by atoms with Crippen LogP contribution >= 0.6 is 23.2 Å². The van der Waals surface area contributed by atoms with Gasteiger partial charge < -0.3 is 9.84 Å². The smallest absolute Gasteiger partial charge is 0.338 e. The van der Waals surface area contributed by atoms with Crippen LogP contribution in [-0.2, 0) is 14.3 Å². The predicted octanol–water partition coefficient (Wildman–Crippen LogP) is 6.19. The van der Waals surface area contributed by atoms with E-state index in [-0.39, 0.29) is 39.1 Å². The number of aliphatic hydroxyl groups is 1. The van der Waals surface area contributed by atoms with Gasteiger partial charge in [0.15, 0.2) is 0 Å². The second kappa shape index (κ2) is 10.3. The number of esters is 1. The number of anilines is 1. The number of carbonyl (C=O) groups excluding carboxylic acids is 3. The number of hydrogen-bond acceptors (Lipinski definition) is 5. The van der Waals surface area contributed by atoms with Gasteiger partial charge in [-0.1, -0.05) is 66.5 Å². The molecule has 1 fully saturated rings. The third-order valence-corrected chi connectivity index (χ3v) is 6.29. The molecule has 1 atom stereocenters. The van der Waals surface area contributed by atoms with Crippen molar-refractivity contribution in [1.29, 1.82) is 0 Å². The fourth-order valence-electron chi connectivity index (χ4n) is 3.91. The topological polar surface area (TPSA) is 83.9 Å². The van der Waals surface area contributed by atoms with Crippen molar-refractivity contribution in [2.24, 2.45) is 0 Å². The molecule has 1 aliphatic heterocycles. The third-order valence-electron chi connectivity index (χ3n) is 5.55. The average Bonchev–Trinajstić information content (AvgIpc) is 3.14. The number of halogens is 2. The molecule has 0 aliphatic carbocycles. The Hall–Kier alpha value is -3.61. The van der Waals surface area contributed by atoms with Crippen LogP contribution in [0.4, 0.5) is 5.69 Å². The summed E-state index contributed by atoms with van der Waals surface area (Å²) in [6, 6.07) is 18.7. The number of rotatable bonds is 6. The second-order valence-corrected chi connectivity index (χ2v) is 8.71. The van der Waals surface area contributed by atoms with Gasteiger partial charge in [0.2, 0.25) is 0 Å². The molecule has 0 bridgehead atoms. The predicted molar refractivity (Wildman–Crippen MR) is 135 cm³/mol. The fraction of sp³-hybridized carbons (Fsp3) is 0.148. The summed E-state index contributed by atoms with van der Waals surface area (Å²) in [7, 11) is 0. The number of carbonyl (C=O) groups is 3. The molecule has 6 nitrogen and oxygen atoms in total.